The van der Waals surface area contributed by atoms with Gasteiger partial charge in [-0.05, 0) is 39.8 Å². The van der Waals surface area contributed by atoms with E-state index >= 15 is 0 Å². The number of fused-ring (bicyclic) bond motifs is 1. The van der Waals surface area contributed by atoms with Crippen LogP contribution in [0.5, 0.6) is 0 Å². The molecule has 27 heavy (non-hydrogen) atoms. The normalized spacial score (nSPS) is 11.4. The van der Waals surface area contributed by atoms with Crippen molar-refractivity contribution in [3.63, 3.8) is 0 Å². The fourth-order valence-electron chi connectivity index (χ4n) is 2.77. The molecule has 2 aromatic heterocycles. The van der Waals surface area contributed by atoms with Crippen LogP contribution in [0.4, 0.5) is 5.95 Å². The quantitative estimate of drug-likeness (QED) is 0.746. The van der Waals surface area contributed by atoms with Crippen LogP contribution in [0.2, 0.25) is 0 Å². The Hall–Kier alpha value is -3.22. The highest BCUT2D eigenvalue weighted by Crippen LogP contribution is 2.26. The summed E-state index contributed by atoms with van der Waals surface area (Å²) in [6.07, 6.45) is 3.34. The fourth-order valence-corrected chi connectivity index (χ4v) is 2.77. The number of nitrogens with one attached hydrogen (secondary N) is 2. The number of aryl methyl sites for hydroxylation is 1. The van der Waals surface area contributed by atoms with Gasteiger partial charge in [0.15, 0.2) is 0 Å². The Labute approximate surface area is 157 Å². The molecule has 2 N–H and O–H groups in total. The predicted molar refractivity (Wildman–Crippen MR) is 105 cm³/mol. The monoisotopic (exact) mass is 365 g/mol. The van der Waals surface area contributed by atoms with Crippen LogP contribution in [-0.2, 0) is 5.54 Å². The molecule has 140 valence electrons. The third-order valence-electron chi connectivity index (χ3n) is 4.28. The molecule has 0 fully saturated rings. The third-order valence-corrected chi connectivity index (χ3v) is 4.28. The van der Waals surface area contributed by atoms with E-state index in [1.165, 1.54) is 0 Å². The molecule has 0 atom stereocenters. The molecular formula is C20H23N5O2. The molecule has 0 bridgehead atoms. The van der Waals surface area contributed by atoms with Crippen LogP contribution in [0.1, 0.15) is 47.1 Å². The highest BCUT2D eigenvalue weighted by molar-refractivity contribution is 6.07. The molecule has 0 saturated heterocycles. The number of carbonyl (C=O) groups excluding carboxylic acids is 2. The Morgan fingerprint density at radius 1 is 1.07 bits per heavy atom. The van der Waals surface area contributed by atoms with Crippen molar-refractivity contribution in [2.75, 3.05) is 12.4 Å². The van der Waals surface area contributed by atoms with Crippen molar-refractivity contribution >= 4 is 28.8 Å². The molecule has 2 amide bonds. The smallest absolute Gasteiger partial charge is 0.258 e. The molecule has 0 saturated carbocycles. The van der Waals surface area contributed by atoms with E-state index < -0.39 is 0 Å². The van der Waals surface area contributed by atoms with Gasteiger partial charge >= 0.3 is 0 Å². The lowest BCUT2D eigenvalue weighted by atomic mass is 10.1. The Balaban J connectivity index is 2.02. The molecule has 2 heterocycles. The standard InChI is InChI=1S/C20H23N5O2/c1-12-6-8-13(9-7-12)17(26)24-19-22-10-14-15(18(27)21-5)11-25(16(14)23-19)20(2,3)4/h6-11H,1-5H3,(H,21,27)(H,22,23,24,26). The van der Waals surface area contributed by atoms with Crippen LogP contribution < -0.4 is 10.6 Å². The molecule has 1 aromatic carbocycles. The summed E-state index contributed by atoms with van der Waals surface area (Å²) in [6, 6.07) is 7.26. The van der Waals surface area contributed by atoms with E-state index in [1.807, 2.05) is 44.4 Å². The van der Waals surface area contributed by atoms with Gasteiger partial charge in [0.2, 0.25) is 5.95 Å². The highest BCUT2D eigenvalue weighted by Gasteiger charge is 2.23. The van der Waals surface area contributed by atoms with Crippen molar-refractivity contribution in [1.82, 2.24) is 19.9 Å². The first-order valence-electron chi connectivity index (χ1n) is 8.69. The van der Waals surface area contributed by atoms with E-state index in [9.17, 15) is 9.59 Å². The molecule has 0 spiro atoms. The average Bonchev–Trinajstić information content (AvgIpc) is 3.00. The van der Waals surface area contributed by atoms with Crippen molar-refractivity contribution < 1.29 is 9.59 Å². The molecule has 7 nitrogen and oxygen atoms in total. The Morgan fingerprint density at radius 2 is 1.74 bits per heavy atom. The summed E-state index contributed by atoms with van der Waals surface area (Å²) in [5.74, 6) is -0.294. The van der Waals surface area contributed by atoms with Crippen molar-refractivity contribution in [2.24, 2.45) is 0 Å². The topological polar surface area (TPSA) is 88.9 Å². The van der Waals surface area contributed by atoms with Crippen LogP contribution in [0.25, 0.3) is 11.0 Å². The first-order chi connectivity index (χ1) is 12.7. The largest absolute Gasteiger partial charge is 0.355 e. The van der Waals surface area contributed by atoms with Crippen LogP contribution in [0, 0.1) is 6.92 Å². The second-order valence-electron chi connectivity index (χ2n) is 7.41. The number of aromatic nitrogens is 3. The first-order valence-corrected chi connectivity index (χ1v) is 8.69. The number of carbonyl (C=O) groups is 2. The molecular weight excluding hydrogens is 342 g/mol. The van der Waals surface area contributed by atoms with E-state index in [0.717, 1.165) is 5.56 Å². The average molecular weight is 365 g/mol. The zero-order valence-electron chi connectivity index (χ0n) is 16.1. The summed E-state index contributed by atoms with van der Waals surface area (Å²) in [7, 11) is 1.58. The van der Waals surface area contributed by atoms with Gasteiger partial charge in [0.05, 0.1) is 10.9 Å². The number of hydrogen-bond acceptors (Lipinski definition) is 4. The van der Waals surface area contributed by atoms with E-state index in [0.29, 0.717) is 22.2 Å². The minimum absolute atomic E-state index is 0.195. The molecule has 0 aliphatic rings. The maximum atomic E-state index is 12.4. The summed E-state index contributed by atoms with van der Waals surface area (Å²) < 4.78 is 1.91. The number of nitrogens with zero attached hydrogens (tertiary/aromatic N) is 3. The maximum absolute atomic E-state index is 12.4. The molecule has 0 aliphatic carbocycles. The first kappa shape index (κ1) is 18.6. The highest BCUT2D eigenvalue weighted by atomic mass is 16.2. The van der Waals surface area contributed by atoms with Crippen LogP contribution in [0.3, 0.4) is 0 Å². The Morgan fingerprint density at radius 3 is 2.33 bits per heavy atom. The summed E-state index contributed by atoms with van der Waals surface area (Å²) in [5, 5.41) is 6.00. The van der Waals surface area contributed by atoms with Gasteiger partial charge in [0.25, 0.3) is 11.8 Å². The molecule has 0 unspecified atom stereocenters. The van der Waals surface area contributed by atoms with Gasteiger partial charge in [-0.3, -0.25) is 14.9 Å². The van der Waals surface area contributed by atoms with Gasteiger partial charge in [-0.1, -0.05) is 17.7 Å². The SMILES string of the molecule is CNC(=O)c1cn(C(C)(C)C)c2nc(NC(=O)c3ccc(C)cc3)ncc12. The summed E-state index contributed by atoms with van der Waals surface area (Å²) in [5.41, 5.74) is 2.40. The Bertz CT molecular complexity index is 1010. The van der Waals surface area contributed by atoms with Gasteiger partial charge in [0.1, 0.15) is 5.65 Å². The lowest BCUT2D eigenvalue weighted by Crippen LogP contribution is -2.22. The van der Waals surface area contributed by atoms with Crippen molar-refractivity contribution in [2.45, 2.75) is 33.2 Å². The van der Waals surface area contributed by atoms with Gasteiger partial charge in [-0.25, -0.2) is 4.98 Å². The fraction of sp³-hybridized carbons (Fsp3) is 0.300. The third kappa shape index (κ3) is 3.67. The number of rotatable bonds is 3. The van der Waals surface area contributed by atoms with E-state index in [-0.39, 0.29) is 23.3 Å². The second kappa shape index (κ2) is 6.83. The maximum Gasteiger partial charge on any atom is 0.258 e. The predicted octanol–water partition coefficient (Wildman–Crippen LogP) is 3.11. The Kier molecular flexibility index (Phi) is 4.70. The van der Waals surface area contributed by atoms with Crippen molar-refractivity contribution in [3.05, 3.63) is 53.3 Å². The van der Waals surface area contributed by atoms with Gasteiger partial charge in [-0.2, -0.15) is 4.98 Å². The number of hydrogen-bond donors (Lipinski definition) is 2. The lowest BCUT2D eigenvalue weighted by Gasteiger charge is -2.22. The zero-order valence-corrected chi connectivity index (χ0v) is 16.1. The van der Waals surface area contributed by atoms with Crippen molar-refractivity contribution in [1.29, 1.82) is 0 Å². The molecule has 0 radical (unpaired) electrons. The van der Waals surface area contributed by atoms with Crippen LogP contribution in [-0.4, -0.2) is 33.4 Å². The number of amides is 2. The number of anilines is 1. The van der Waals surface area contributed by atoms with Crippen molar-refractivity contribution in [3.8, 4) is 0 Å². The van der Waals surface area contributed by atoms with Gasteiger partial charge in [0, 0.05) is 30.5 Å². The summed E-state index contributed by atoms with van der Waals surface area (Å²) >= 11 is 0. The van der Waals surface area contributed by atoms with E-state index in [4.69, 9.17) is 0 Å². The molecule has 0 aliphatic heterocycles. The van der Waals surface area contributed by atoms with E-state index in [1.54, 1.807) is 31.6 Å². The van der Waals surface area contributed by atoms with E-state index in [2.05, 4.69) is 20.6 Å². The van der Waals surface area contributed by atoms with Crippen LogP contribution >= 0.6 is 0 Å². The zero-order chi connectivity index (χ0) is 19.8. The molecule has 7 heteroatoms. The molecule has 3 rings (SSSR count). The second-order valence-corrected chi connectivity index (χ2v) is 7.41. The van der Waals surface area contributed by atoms with Gasteiger partial charge in [-0.15, -0.1) is 0 Å². The lowest BCUT2D eigenvalue weighted by molar-refractivity contribution is 0.0963. The minimum Gasteiger partial charge on any atom is -0.355 e. The summed E-state index contributed by atoms with van der Waals surface area (Å²) in [4.78, 5) is 33.4. The number of benzene rings is 1. The summed E-state index contributed by atoms with van der Waals surface area (Å²) in [6.45, 7) is 8.02. The van der Waals surface area contributed by atoms with Gasteiger partial charge < -0.3 is 9.88 Å². The van der Waals surface area contributed by atoms with Crippen LogP contribution in [0.15, 0.2) is 36.7 Å². The molecule has 3 aromatic rings. The minimum atomic E-state index is -0.295.